The van der Waals surface area contributed by atoms with Crippen molar-refractivity contribution in [2.24, 2.45) is 5.92 Å². The summed E-state index contributed by atoms with van der Waals surface area (Å²) in [6, 6.07) is 22.7. The molecule has 5 nitrogen and oxygen atoms in total. The molecule has 1 aliphatic rings. The standard InChI is InChI=1S/C37H46O5/c1-26(2)28-18-16-27(17-19-28)25-42-35-14-8-7-11-30(35)21-20-29(10-5-3-4-6-15-36(38)39)33-13-9-12-31-24-32(37(40)41)22-23-34(31)33/h7-8,11,14,16-19,22-24,26,29,33H,3-6,9-10,12-13,15,20-21,25H2,1-2H3,(H,38,39)(H,40,41)/t29-,33?/m0/s1. The van der Waals surface area contributed by atoms with E-state index in [4.69, 9.17) is 9.84 Å². The number of carbonyl (C=O) groups is 2. The number of aryl methyl sites for hydroxylation is 2. The molecule has 1 unspecified atom stereocenters. The van der Waals surface area contributed by atoms with Crippen molar-refractivity contribution in [3.63, 3.8) is 0 Å². The number of rotatable bonds is 16. The van der Waals surface area contributed by atoms with E-state index in [1.165, 1.54) is 22.3 Å². The lowest BCUT2D eigenvalue weighted by atomic mass is 9.72. The van der Waals surface area contributed by atoms with Crippen LogP contribution in [0.15, 0.2) is 66.7 Å². The summed E-state index contributed by atoms with van der Waals surface area (Å²) in [5, 5.41) is 18.5. The normalized spacial score (nSPS) is 15.3. The van der Waals surface area contributed by atoms with Crippen LogP contribution in [0.2, 0.25) is 0 Å². The van der Waals surface area contributed by atoms with Crippen molar-refractivity contribution in [1.29, 1.82) is 0 Å². The predicted molar refractivity (Wildman–Crippen MR) is 168 cm³/mol. The Balaban J connectivity index is 1.45. The van der Waals surface area contributed by atoms with E-state index in [0.717, 1.165) is 75.5 Å². The lowest BCUT2D eigenvalue weighted by Gasteiger charge is -2.33. The van der Waals surface area contributed by atoms with E-state index in [-0.39, 0.29) is 6.42 Å². The van der Waals surface area contributed by atoms with Gasteiger partial charge in [0.1, 0.15) is 12.4 Å². The molecular formula is C37H46O5. The van der Waals surface area contributed by atoms with Crippen LogP contribution >= 0.6 is 0 Å². The van der Waals surface area contributed by atoms with Crippen LogP contribution < -0.4 is 4.74 Å². The maximum Gasteiger partial charge on any atom is 0.335 e. The van der Waals surface area contributed by atoms with Crippen molar-refractivity contribution in [2.45, 2.75) is 103 Å². The Morgan fingerprint density at radius 1 is 0.905 bits per heavy atom. The number of unbranched alkanes of at least 4 members (excludes halogenated alkanes) is 3. The van der Waals surface area contributed by atoms with Gasteiger partial charge in [0.05, 0.1) is 5.56 Å². The highest BCUT2D eigenvalue weighted by Crippen LogP contribution is 2.42. The Labute approximate surface area is 250 Å². The van der Waals surface area contributed by atoms with Crippen molar-refractivity contribution in [3.8, 4) is 5.75 Å². The van der Waals surface area contributed by atoms with Crippen molar-refractivity contribution in [1.82, 2.24) is 0 Å². The number of ether oxygens (including phenoxy) is 1. The fourth-order valence-electron chi connectivity index (χ4n) is 6.41. The molecule has 224 valence electrons. The average molecular weight is 571 g/mol. The second kappa shape index (κ2) is 15.6. The van der Waals surface area contributed by atoms with Gasteiger partial charge in [-0.25, -0.2) is 4.79 Å². The van der Waals surface area contributed by atoms with Gasteiger partial charge in [0.2, 0.25) is 0 Å². The summed E-state index contributed by atoms with van der Waals surface area (Å²) in [4.78, 5) is 22.5. The lowest BCUT2D eigenvalue weighted by Crippen LogP contribution is -2.20. The number of para-hydroxylation sites is 1. The number of carboxylic acids is 2. The lowest BCUT2D eigenvalue weighted by molar-refractivity contribution is -0.137. The number of hydrogen-bond acceptors (Lipinski definition) is 3. The molecule has 3 aromatic carbocycles. The first-order chi connectivity index (χ1) is 20.3. The second-order valence-electron chi connectivity index (χ2n) is 12.2. The molecule has 0 aliphatic heterocycles. The van der Waals surface area contributed by atoms with E-state index in [1.807, 2.05) is 12.1 Å². The number of hydrogen-bond donors (Lipinski definition) is 2. The quantitative estimate of drug-likeness (QED) is 0.168. The average Bonchev–Trinajstić information content (AvgIpc) is 2.99. The molecule has 0 saturated heterocycles. The minimum Gasteiger partial charge on any atom is -0.489 e. The topological polar surface area (TPSA) is 83.8 Å². The molecule has 2 atom stereocenters. The smallest absolute Gasteiger partial charge is 0.335 e. The molecule has 4 rings (SSSR count). The molecule has 0 radical (unpaired) electrons. The highest BCUT2D eigenvalue weighted by Gasteiger charge is 2.28. The molecule has 0 heterocycles. The fraction of sp³-hybridized carbons (Fsp3) is 0.459. The molecule has 0 fully saturated rings. The maximum absolute atomic E-state index is 11.6. The van der Waals surface area contributed by atoms with E-state index >= 15 is 0 Å². The first-order valence-corrected chi connectivity index (χ1v) is 15.7. The summed E-state index contributed by atoms with van der Waals surface area (Å²) in [5.41, 5.74) is 6.58. The molecule has 0 aromatic heterocycles. The zero-order chi connectivity index (χ0) is 29.9. The number of aliphatic carboxylic acids is 1. The SMILES string of the molecule is CC(C)c1ccc(COc2ccccc2CC[C@H](CCCCCCC(=O)O)C2CCCc3cc(C(=O)O)ccc32)cc1. The fourth-order valence-corrected chi connectivity index (χ4v) is 6.41. The third-order valence-corrected chi connectivity index (χ3v) is 8.83. The first-order valence-electron chi connectivity index (χ1n) is 15.7. The van der Waals surface area contributed by atoms with Gasteiger partial charge < -0.3 is 14.9 Å². The van der Waals surface area contributed by atoms with Crippen molar-refractivity contribution in [3.05, 3.63) is 100 Å². The molecule has 3 aromatic rings. The van der Waals surface area contributed by atoms with Crippen LogP contribution in [-0.2, 0) is 24.2 Å². The summed E-state index contributed by atoms with van der Waals surface area (Å²) in [5.74, 6) is 0.729. The van der Waals surface area contributed by atoms with Crippen molar-refractivity contribution >= 4 is 11.9 Å². The van der Waals surface area contributed by atoms with Crippen LogP contribution in [0, 0.1) is 5.92 Å². The first kappa shape index (κ1) is 31.3. The Morgan fingerprint density at radius 3 is 2.40 bits per heavy atom. The molecule has 1 aliphatic carbocycles. The molecular weight excluding hydrogens is 524 g/mol. The zero-order valence-corrected chi connectivity index (χ0v) is 25.2. The molecule has 0 spiro atoms. The minimum atomic E-state index is -0.870. The molecule has 2 N–H and O–H groups in total. The van der Waals surface area contributed by atoms with Crippen LogP contribution in [0.1, 0.15) is 122 Å². The highest BCUT2D eigenvalue weighted by molar-refractivity contribution is 5.88. The molecule has 0 bridgehead atoms. The largest absolute Gasteiger partial charge is 0.489 e. The van der Waals surface area contributed by atoms with Crippen molar-refractivity contribution in [2.75, 3.05) is 0 Å². The van der Waals surface area contributed by atoms with Crippen molar-refractivity contribution < 1.29 is 24.5 Å². The molecule has 5 heteroatoms. The number of aromatic carboxylic acids is 1. The summed E-state index contributed by atoms with van der Waals surface area (Å²) < 4.78 is 6.33. The summed E-state index contributed by atoms with van der Waals surface area (Å²) in [6.07, 6.45) is 10.2. The second-order valence-corrected chi connectivity index (χ2v) is 12.2. The third kappa shape index (κ3) is 8.95. The molecule has 0 amide bonds. The van der Waals surface area contributed by atoms with E-state index < -0.39 is 11.9 Å². The van der Waals surface area contributed by atoms with Gasteiger partial charge in [0.25, 0.3) is 0 Å². The van der Waals surface area contributed by atoms with Gasteiger partial charge in [-0.05, 0) is 109 Å². The van der Waals surface area contributed by atoms with E-state index in [1.54, 1.807) is 6.07 Å². The monoisotopic (exact) mass is 570 g/mol. The Morgan fingerprint density at radius 2 is 1.67 bits per heavy atom. The Bertz CT molecular complexity index is 1310. The van der Waals surface area contributed by atoms with E-state index in [2.05, 4.69) is 62.4 Å². The number of fused-ring (bicyclic) bond motifs is 1. The third-order valence-electron chi connectivity index (χ3n) is 8.83. The number of benzene rings is 3. The summed E-state index contributed by atoms with van der Waals surface area (Å²) in [7, 11) is 0. The van der Waals surface area contributed by atoms with Crippen LogP contribution in [-0.4, -0.2) is 22.2 Å². The number of carboxylic acid groups (broad SMARTS) is 2. The predicted octanol–water partition coefficient (Wildman–Crippen LogP) is 9.18. The van der Waals surface area contributed by atoms with Gasteiger partial charge >= 0.3 is 11.9 Å². The van der Waals surface area contributed by atoms with E-state index in [9.17, 15) is 14.7 Å². The molecule has 42 heavy (non-hydrogen) atoms. The minimum absolute atomic E-state index is 0.240. The van der Waals surface area contributed by atoms with Gasteiger partial charge in [-0.15, -0.1) is 0 Å². The zero-order valence-electron chi connectivity index (χ0n) is 25.2. The molecule has 0 saturated carbocycles. The maximum atomic E-state index is 11.6. The van der Waals surface area contributed by atoms with Crippen LogP contribution in [0.4, 0.5) is 0 Å². The van der Waals surface area contributed by atoms with Gasteiger partial charge in [0.15, 0.2) is 0 Å². The van der Waals surface area contributed by atoms with Gasteiger partial charge in [-0.1, -0.05) is 81.6 Å². The highest BCUT2D eigenvalue weighted by atomic mass is 16.5. The summed E-state index contributed by atoms with van der Waals surface area (Å²) in [6.45, 7) is 4.94. The van der Waals surface area contributed by atoms with Crippen LogP contribution in [0.25, 0.3) is 0 Å². The Kier molecular flexibility index (Phi) is 11.6. The van der Waals surface area contributed by atoms with Gasteiger partial charge in [-0.3, -0.25) is 4.79 Å². The van der Waals surface area contributed by atoms with Gasteiger partial charge in [-0.2, -0.15) is 0 Å². The van der Waals surface area contributed by atoms with E-state index in [0.29, 0.717) is 29.9 Å². The summed E-state index contributed by atoms with van der Waals surface area (Å²) >= 11 is 0. The van der Waals surface area contributed by atoms with Crippen LogP contribution in [0.5, 0.6) is 5.75 Å². The Hall–Kier alpha value is -3.60. The van der Waals surface area contributed by atoms with Crippen LogP contribution in [0.3, 0.4) is 0 Å². The van der Waals surface area contributed by atoms with Gasteiger partial charge in [0, 0.05) is 6.42 Å².